The van der Waals surface area contributed by atoms with Gasteiger partial charge in [-0.2, -0.15) is 0 Å². The second-order valence-electron chi connectivity index (χ2n) is 32.2. The molecular weight excluding hydrogens is 1510 g/mol. The van der Waals surface area contributed by atoms with Gasteiger partial charge in [0.05, 0.1) is 95.4 Å². The zero-order valence-electron chi connectivity index (χ0n) is 70.0. The Labute approximate surface area is 703 Å². The molecule has 0 unspecified atom stereocenters. The molecule has 0 aliphatic carbocycles. The van der Waals surface area contributed by atoms with Crippen molar-refractivity contribution in [3.05, 3.63) is 287 Å². The summed E-state index contributed by atoms with van der Waals surface area (Å²) in [7, 11) is 0. The molecule has 0 aromatic heterocycles. The number of benzene rings is 8. The van der Waals surface area contributed by atoms with Crippen molar-refractivity contribution in [2.24, 2.45) is 5.92 Å². The Balaban J connectivity index is 0.980. The van der Waals surface area contributed by atoms with Gasteiger partial charge in [0, 0.05) is 6.42 Å². The van der Waals surface area contributed by atoms with E-state index in [1.807, 2.05) is 277 Å². The van der Waals surface area contributed by atoms with Gasteiger partial charge in [-0.1, -0.05) is 295 Å². The molecule has 638 valence electrons. The largest absolute Gasteiger partial charge is 0.455 e. The number of hydrogen-bond acceptors (Lipinski definition) is 20. The lowest BCUT2D eigenvalue weighted by Crippen LogP contribution is -2.69. The summed E-state index contributed by atoms with van der Waals surface area (Å²) in [5.74, 6) is -2.02. The first kappa shape index (κ1) is 88.8. The van der Waals surface area contributed by atoms with Gasteiger partial charge >= 0.3 is 11.9 Å². The molecule has 23 atom stereocenters. The van der Waals surface area contributed by atoms with Gasteiger partial charge in [-0.15, -0.1) is 0 Å². The van der Waals surface area contributed by atoms with E-state index < -0.39 is 147 Å². The van der Waals surface area contributed by atoms with Gasteiger partial charge in [-0.05, 0) is 105 Å². The Morgan fingerprint density at radius 2 is 0.689 bits per heavy atom. The Bertz CT molecular complexity index is 4160. The lowest BCUT2D eigenvalue weighted by molar-refractivity contribution is -0.414. The quantitative estimate of drug-likeness (QED) is 0.0371. The molecular formula is C99H122O20. The average molecular weight is 1630 g/mol. The number of carbonyl (C=O) groups excluding carboxylic acids is 2. The third kappa shape index (κ3) is 25.8. The van der Waals surface area contributed by atoms with Gasteiger partial charge in [-0.25, -0.2) is 0 Å². The van der Waals surface area contributed by atoms with Crippen LogP contribution in [0.25, 0.3) is 0 Å². The summed E-state index contributed by atoms with van der Waals surface area (Å²) in [5, 5.41) is 0. The maximum atomic E-state index is 15.4. The Morgan fingerprint density at radius 1 is 0.345 bits per heavy atom. The number of ether oxygens (including phenoxy) is 18. The van der Waals surface area contributed by atoms with E-state index in [1.54, 1.807) is 6.92 Å². The highest BCUT2D eigenvalue weighted by Crippen LogP contribution is 2.42. The average Bonchev–Trinajstić information content (AvgIpc) is 0.752. The Morgan fingerprint density at radius 3 is 1.14 bits per heavy atom. The highest BCUT2D eigenvalue weighted by Gasteiger charge is 2.59. The van der Waals surface area contributed by atoms with Gasteiger partial charge in [0.25, 0.3) is 0 Å². The SMILES string of the molecule is CCC[C@H]1CCCCCCCCCC(=O)O[C@H]2[C@H](O[C@@H]3[C@@H](O[C@@H]4O[C@@H](C)[C@H](OCc5ccccc5)[C@@H](OCc5ccccc5)[C@H]4OCc4ccccc4)[C@H](O[C@H]4[C@H](O1)O[C@H](C)[C@@H](OCc1ccccc1)[C@@H]4OCc1ccccc1)O[C@H](C)[C@H]3OCc1ccccc1)O[C@H](C)[C@@H](OCc1ccccc1)[C@@H]2OC(=O)[C@H](C)[C@@H](C)OCc1ccccc1. The van der Waals surface area contributed by atoms with Gasteiger partial charge in [-0.3, -0.25) is 9.59 Å². The summed E-state index contributed by atoms with van der Waals surface area (Å²) in [6, 6.07) is 79.2. The fourth-order valence-electron chi connectivity index (χ4n) is 16.2. The molecule has 2 bridgehead atoms. The molecule has 119 heavy (non-hydrogen) atoms. The van der Waals surface area contributed by atoms with Crippen molar-refractivity contribution in [1.29, 1.82) is 0 Å². The van der Waals surface area contributed by atoms with Crippen LogP contribution in [0.5, 0.6) is 0 Å². The molecule has 5 heterocycles. The van der Waals surface area contributed by atoms with E-state index in [2.05, 4.69) is 6.92 Å². The minimum absolute atomic E-state index is 0.0441. The third-order valence-electron chi connectivity index (χ3n) is 23.1. The molecule has 5 fully saturated rings. The lowest BCUT2D eigenvalue weighted by Gasteiger charge is -2.52. The van der Waals surface area contributed by atoms with Gasteiger partial charge < -0.3 is 85.3 Å². The fourth-order valence-corrected chi connectivity index (χ4v) is 16.2. The van der Waals surface area contributed by atoms with Crippen molar-refractivity contribution in [3.63, 3.8) is 0 Å². The van der Waals surface area contributed by atoms with Crippen LogP contribution in [-0.2, 0) is 148 Å². The number of rotatable bonds is 31. The lowest BCUT2D eigenvalue weighted by atomic mass is 9.95. The molecule has 0 amide bonds. The number of fused-ring (bicyclic) bond motifs is 4. The summed E-state index contributed by atoms with van der Waals surface area (Å²) in [5.41, 5.74) is 7.22. The first-order chi connectivity index (χ1) is 58.3. The molecule has 5 aliphatic heterocycles. The molecule has 5 saturated heterocycles. The number of hydrogen-bond donors (Lipinski definition) is 0. The highest BCUT2D eigenvalue weighted by molar-refractivity contribution is 5.73. The minimum atomic E-state index is -1.58. The van der Waals surface area contributed by atoms with Crippen molar-refractivity contribution in [3.8, 4) is 0 Å². The molecule has 0 spiro atoms. The Hall–Kier alpha value is -7.94. The molecule has 5 aliphatic rings. The highest BCUT2D eigenvalue weighted by atomic mass is 16.8. The normalized spacial score (nSPS) is 29.9. The molecule has 0 N–H and O–H groups in total. The van der Waals surface area contributed by atoms with Crippen LogP contribution in [0.15, 0.2) is 243 Å². The first-order valence-electron chi connectivity index (χ1n) is 43.2. The monoisotopic (exact) mass is 1630 g/mol. The van der Waals surface area contributed by atoms with Crippen molar-refractivity contribution >= 4 is 11.9 Å². The number of carbonyl (C=O) groups is 2. The minimum Gasteiger partial charge on any atom is -0.455 e. The molecule has 0 saturated carbocycles. The topological polar surface area (TPSA) is 200 Å². The van der Waals surface area contributed by atoms with Crippen molar-refractivity contribution in [1.82, 2.24) is 0 Å². The maximum Gasteiger partial charge on any atom is 0.311 e. The summed E-state index contributed by atoms with van der Waals surface area (Å²) in [4.78, 5) is 30.7. The summed E-state index contributed by atoms with van der Waals surface area (Å²) in [6.07, 6.45) is -14.8. The summed E-state index contributed by atoms with van der Waals surface area (Å²) >= 11 is 0. The molecule has 20 heteroatoms. The maximum absolute atomic E-state index is 15.4. The molecule has 8 aromatic carbocycles. The zero-order valence-corrected chi connectivity index (χ0v) is 70.0. The van der Waals surface area contributed by atoms with E-state index in [0.29, 0.717) is 6.42 Å². The summed E-state index contributed by atoms with van der Waals surface area (Å²) < 4.78 is 132. The van der Waals surface area contributed by atoms with E-state index in [9.17, 15) is 0 Å². The molecule has 20 nitrogen and oxygen atoms in total. The molecule has 0 radical (unpaired) electrons. The smallest absolute Gasteiger partial charge is 0.311 e. The van der Waals surface area contributed by atoms with Crippen LogP contribution in [0.4, 0.5) is 0 Å². The van der Waals surface area contributed by atoms with Crippen molar-refractivity contribution in [2.75, 3.05) is 0 Å². The van der Waals surface area contributed by atoms with Crippen molar-refractivity contribution in [2.45, 2.75) is 307 Å². The predicted molar refractivity (Wildman–Crippen MR) is 448 cm³/mol. The first-order valence-corrected chi connectivity index (χ1v) is 43.2. The Kier molecular flexibility index (Phi) is 34.6. The van der Waals surface area contributed by atoms with Crippen LogP contribution in [-0.4, -0.2) is 147 Å². The fraction of sp³-hybridized carbons (Fsp3) is 0.495. The van der Waals surface area contributed by atoms with Gasteiger partial charge in [0.15, 0.2) is 37.4 Å². The number of esters is 2. The standard InChI is InChI=1S/C99H122O20/c1-8-40-81-57-38-12-10-9-11-13-39-58-82(100)115-93-89(116-95(101)67(2)68(3)102-59-73-41-22-14-23-42-73)85(105-62-76-47-28-17-29-48-76)71(6)112-98(93)117-90-86(106-63-77-49-30-18-31-50-77)72(7)113-99(118-92-88(108-65-79-53-34-20-35-54-79)84(70(5)111-97(92)114-81)104-61-75-45-26-16-27-46-75)94(90)119-96-91(109-66-80-55-36-21-37-56-80)87(107-64-78-51-32-19-33-52-78)83(69(4)110-96)103-60-74-43-24-15-25-44-74/h14-37,41-56,67-72,81,83-94,96-99H,8-13,38-40,57-66H2,1-7H3/t67-,68-,69+,70-,71-,72-,81+,83+,84-,85-,86-,87-,88+,89+,90+,91-,92-,93-,94-,96+,97+,98+,99+/m1/s1. The van der Waals surface area contributed by atoms with Crippen LogP contribution in [0.3, 0.4) is 0 Å². The molecule has 13 rings (SSSR count). The van der Waals surface area contributed by atoms with Crippen LogP contribution >= 0.6 is 0 Å². The molecule has 8 aromatic rings. The second-order valence-corrected chi connectivity index (χ2v) is 32.2. The van der Waals surface area contributed by atoms with Crippen LogP contribution in [0.1, 0.15) is 164 Å². The van der Waals surface area contributed by atoms with Gasteiger partial charge in [0.2, 0.25) is 0 Å². The van der Waals surface area contributed by atoms with Crippen molar-refractivity contribution < 1.29 is 94.9 Å². The van der Waals surface area contributed by atoms with E-state index in [1.165, 1.54) is 0 Å². The second kappa shape index (κ2) is 46.3. The predicted octanol–water partition coefficient (Wildman–Crippen LogP) is 18.0. The van der Waals surface area contributed by atoms with E-state index in [4.69, 9.17) is 85.3 Å². The van der Waals surface area contributed by atoms with Crippen LogP contribution < -0.4 is 0 Å². The van der Waals surface area contributed by atoms with Crippen LogP contribution in [0.2, 0.25) is 0 Å². The third-order valence-corrected chi connectivity index (χ3v) is 23.1. The van der Waals surface area contributed by atoms with E-state index in [0.717, 1.165) is 102 Å². The van der Waals surface area contributed by atoms with Gasteiger partial charge in [0.1, 0.15) is 61.0 Å². The van der Waals surface area contributed by atoms with E-state index >= 15 is 9.59 Å². The summed E-state index contributed by atoms with van der Waals surface area (Å²) in [6.45, 7) is 14.7. The van der Waals surface area contributed by atoms with E-state index in [-0.39, 0.29) is 65.4 Å². The zero-order chi connectivity index (χ0) is 82.5. The van der Waals surface area contributed by atoms with Crippen LogP contribution in [0, 0.1) is 5.92 Å².